The van der Waals surface area contributed by atoms with Crippen molar-refractivity contribution >= 4 is 12.0 Å². The van der Waals surface area contributed by atoms with Gasteiger partial charge in [-0.15, -0.1) is 0 Å². The molecule has 1 aromatic rings. The Bertz CT molecular complexity index is 375. The van der Waals surface area contributed by atoms with E-state index in [4.69, 9.17) is 4.42 Å². The van der Waals surface area contributed by atoms with Crippen molar-refractivity contribution in [3.8, 4) is 0 Å². The molecule has 1 N–H and O–H groups in total. The van der Waals surface area contributed by atoms with Gasteiger partial charge in [0.2, 0.25) is 5.91 Å². The predicted molar refractivity (Wildman–Crippen MR) is 71.9 cm³/mol. The van der Waals surface area contributed by atoms with Crippen LogP contribution >= 0.6 is 0 Å². The first-order valence-corrected chi connectivity index (χ1v) is 6.84. The van der Waals surface area contributed by atoms with Crippen molar-refractivity contribution in [2.45, 2.75) is 38.5 Å². The van der Waals surface area contributed by atoms with Gasteiger partial charge in [0, 0.05) is 12.6 Å². The maximum atomic E-state index is 11.5. The standard InChI is InChI=1S/C15H21NO2/c17-15(10-9-14-8-4-12-18-14)16-11-3-7-13-5-1-2-6-13/h4,8-10,12-13H,1-3,5-7,11H2,(H,16,17)/b10-9+. The fourth-order valence-electron chi connectivity index (χ4n) is 2.50. The summed E-state index contributed by atoms with van der Waals surface area (Å²) in [5.74, 6) is 1.56. The molecule has 1 aromatic heterocycles. The molecule has 2 rings (SSSR count). The molecule has 1 aliphatic rings. The highest BCUT2D eigenvalue weighted by molar-refractivity contribution is 5.91. The molecule has 1 aliphatic carbocycles. The van der Waals surface area contributed by atoms with Crippen LogP contribution in [0.2, 0.25) is 0 Å². The highest BCUT2D eigenvalue weighted by atomic mass is 16.3. The van der Waals surface area contributed by atoms with Gasteiger partial charge in [-0.1, -0.05) is 25.7 Å². The number of rotatable bonds is 6. The minimum absolute atomic E-state index is 0.0437. The van der Waals surface area contributed by atoms with E-state index in [1.165, 1.54) is 38.2 Å². The normalized spacial score (nSPS) is 16.4. The van der Waals surface area contributed by atoms with Crippen LogP contribution in [0.15, 0.2) is 28.9 Å². The van der Waals surface area contributed by atoms with E-state index in [-0.39, 0.29) is 5.91 Å². The van der Waals surface area contributed by atoms with E-state index in [1.807, 2.05) is 6.07 Å². The van der Waals surface area contributed by atoms with Crippen LogP contribution in [0.4, 0.5) is 0 Å². The first-order valence-electron chi connectivity index (χ1n) is 6.84. The van der Waals surface area contributed by atoms with Gasteiger partial charge in [0.05, 0.1) is 6.26 Å². The van der Waals surface area contributed by atoms with E-state index in [2.05, 4.69) is 5.32 Å². The molecule has 0 unspecified atom stereocenters. The zero-order valence-corrected chi connectivity index (χ0v) is 10.7. The number of hydrogen-bond donors (Lipinski definition) is 1. The largest absolute Gasteiger partial charge is 0.465 e. The third-order valence-corrected chi connectivity index (χ3v) is 3.51. The smallest absolute Gasteiger partial charge is 0.244 e. The summed E-state index contributed by atoms with van der Waals surface area (Å²) in [5, 5.41) is 2.90. The van der Waals surface area contributed by atoms with Crippen LogP contribution in [-0.4, -0.2) is 12.5 Å². The van der Waals surface area contributed by atoms with Crippen molar-refractivity contribution in [3.05, 3.63) is 30.2 Å². The van der Waals surface area contributed by atoms with E-state index >= 15 is 0 Å². The van der Waals surface area contributed by atoms with Crippen molar-refractivity contribution < 1.29 is 9.21 Å². The number of furan rings is 1. The summed E-state index contributed by atoms with van der Waals surface area (Å²) in [6.45, 7) is 0.776. The average Bonchev–Trinajstić information content (AvgIpc) is 3.04. The Balaban J connectivity index is 1.57. The Hall–Kier alpha value is -1.51. The Morgan fingerprint density at radius 3 is 3.00 bits per heavy atom. The second-order valence-corrected chi connectivity index (χ2v) is 4.93. The number of carbonyl (C=O) groups excluding carboxylic acids is 1. The molecular formula is C15H21NO2. The summed E-state index contributed by atoms with van der Waals surface area (Å²) < 4.78 is 5.11. The molecule has 0 spiro atoms. The quantitative estimate of drug-likeness (QED) is 0.618. The third-order valence-electron chi connectivity index (χ3n) is 3.51. The summed E-state index contributed by atoms with van der Waals surface area (Å²) in [5.41, 5.74) is 0. The Labute approximate surface area is 108 Å². The van der Waals surface area contributed by atoms with Crippen molar-refractivity contribution in [2.75, 3.05) is 6.54 Å². The van der Waals surface area contributed by atoms with Crippen molar-refractivity contribution in [1.29, 1.82) is 0 Å². The van der Waals surface area contributed by atoms with E-state index in [0.717, 1.165) is 18.9 Å². The van der Waals surface area contributed by atoms with Crippen LogP contribution in [0.3, 0.4) is 0 Å². The highest BCUT2D eigenvalue weighted by Crippen LogP contribution is 2.28. The second-order valence-electron chi connectivity index (χ2n) is 4.93. The first kappa shape index (κ1) is 12.9. The minimum atomic E-state index is -0.0437. The van der Waals surface area contributed by atoms with Crippen molar-refractivity contribution in [1.82, 2.24) is 5.32 Å². The summed E-state index contributed by atoms with van der Waals surface area (Å²) in [4.78, 5) is 11.5. The molecule has 1 heterocycles. The highest BCUT2D eigenvalue weighted by Gasteiger charge is 2.13. The molecular weight excluding hydrogens is 226 g/mol. The van der Waals surface area contributed by atoms with Crippen LogP contribution in [0.25, 0.3) is 6.08 Å². The maximum absolute atomic E-state index is 11.5. The first-order chi connectivity index (χ1) is 8.84. The van der Waals surface area contributed by atoms with Gasteiger partial charge >= 0.3 is 0 Å². The lowest BCUT2D eigenvalue weighted by Crippen LogP contribution is -2.22. The number of nitrogens with one attached hydrogen (secondary N) is 1. The lowest BCUT2D eigenvalue weighted by molar-refractivity contribution is -0.116. The molecule has 18 heavy (non-hydrogen) atoms. The van der Waals surface area contributed by atoms with Crippen LogP contribution < -0.4 is 5.32 Å². The van der Waals surface area contributed by atoms with E-state index < -0.39 is 0 Å². The summed E-state index contributed by atoms with van der Waals surface area (Å²) in [7, 11) is 0. The average molecular weight is 247 g/mol. The van der Waals surface area contributed by atoms with Crippen LogP contribution in [-0.2, 0) is 4.79 Å². The van der Waals surface area contributed by atoms with Crippen LogP contribution in [0.5, 0.6) is 0 Å². The van der Waals surface area contributed by atoms with Crippen molar-refractivity contribution in [3.63, 3.8) is 0 Å². The van der Waals surface area contributed by atoms with E-state index in [9.17, 15) is 4.79 Å². The predicted octanol–water partition coefficient (Wildman–Crippen LogP) is 3.38. The molecule has 0 aromatic carbocycles. The monoisotopic (exact) mass is 247 g/mol. The summed E-state index contributed by atoms with van der Waals surface area (Å²) >= 11 is 0. The number of amides is 1. The lowest BCUT2D eigenvalue weighted by Gasteiger charge is -2.08. The molecule has 0 aliphatic heterocycles. The summed E-state index contributed by atoms with van der Waals surface area (Å²) in [6.07, 6.45) is 12.7. The fourth-order valence-corrected chi connectivity index (χ4v) is 2.50. The molecule has 3 nitrogen and oxygen atoms in total. The van der Waals surface area contributed by atoms with Gasteiger partial charge < -0.3 is 9.73 Å². The molecule has 3 heteroatoms. The Morgan fingerprint density at radius 1 is 1.44 bits per heavy atom. The van der Waals surface area contributed by atoms with Crippen LogP contribution in [0, 0.1) is 5.92 Å². The Morgan fingerprint density at radius 2 is 2.28 bits per heavy atom. The zero-order chi connectivity index (χ0) is 12.6. The summed E-state index contributed by atoms with van der Waals surface area (Å²) in [6, 6.07) is 3.63. The zero-order valence-electron chi connectivity index (χ0n) is 10.7. The third kappa shape index (κ3) is 4.40. The topological polar surface area (TPSA) is 42.2 Å². The number of carbonyl (C=O) groups is 1. The Kier molecular flexibility index (Phi) is 5.06. The van der Waals surface area contributed by atoms with Gasteiger partial charge in [-0.2, -0.15) is 0 Å². The minimum Gasteiger partial charge on any atom is -0.465 e. The van der Waals surface area contributed by atoms with Gasteiger partial charge in [0.1, 0.15) is 5.76 Å². The SMILES string of the molecule is O=C(/C=C/c1ccco1)NCCCC1CCCC1. The molecule has 1 amide bonds. The number of hydrogen-bond acceptors (Lipinski definition) is 2. The van der Waals surface area contributed by atoms with Gasteiger partial charge in [-0.3, -0.25) is 4.79 Å². The van der Waals surface area contributed by atoms with Gasteiger partial charge in [-0.25, -0.2) is 0 Å². The van der Waals surface area contributed by atoms with E-state index in [0.29, 0.717) is 5.76 Å². The second kappa shape index (κ2) is 7.04. The lowest BCUT2D eigenvalue weighted by atomic mass is 10.0. The van der Waals surface area contributed by atoms with E-state index in [1.54, 1.807) is 18.4 Å². The molecule has 0 atom stereocenters. The van der Waals surface area contributed by atoms with Crippen LogP contribution in [0.1, 0.15) is 44.3 Å². The molecule has 0 saturated heterocycles. The molecule has 1 saturated carbocycles. The van der Waals surface area contributed by atoms with Crippen molar-refractivity contribution in [2.24, 2.45) is 5.92 Å². The van der Waals surface area contributed by atoms with Gasteiger partial charge in [0.25, 0.3) is 0 Å². The fraction of sp³-hybridized carbons (Fsp3) is 0.533. The van der Waals surface area contributed by atoms with Gasteiger partial charge in [0.15, 0.2) is 0 Å². The molecule has 0 bridgehead atoms. The maximum Gasteiger partial charge on any atom is 0.244 e. The molecule has 98 valence electrons. The molecule has 0 radical (unpaired) electrons. The van der Waals surface area contributed by atoms with Gasteiger partial charge in [-0.05, 0) is 37.0 Å². The molecule has 1 fully saturated rings.